The third-order valence-electron chi connectivity index (χ3n) is 2.69. The predicted octanol–water partition coefficient (Wildman–Crippen LogP) is 1.71. The molecular formula is C13H17N3O4. The minimum absolute atomic E-state index is 0.197. The lowest BCUT2D eigenvalue weighted by Crippen LogP contribution is -2.31. The number of methoxy groups -OCH3 is 1. The van der Waals surface area contributed by atoms with Crippen molar-refractivity contribution < 1.29 is 18.5 Å². The maximum absolute atomic E-state index is 11.3. The molecule has 0 unspecified atom stereocenters. The molecule has 2 rings (SSSR count). The van der Waals surface area contributed by atoms with Crippen molar-refractivity contribution in [1.29, 1.82) is 0 Å². The van der Waals surface area contributed by atoms with E-state index in [1.165, 1.54) is 7.11 Å². The van der Waals surface area contributed by atoms with Crippen LogP contribution in [0.5, 0.6) is 0 Å². The number of carbonyl (C=O) groups excluding carboxylic acids is 1. The van der Waals surface area contributed by atoms with Crippen LogP contribution in [0.25, 0.3) is 11.6 Å². The molecule has 0 N–H and O–H groups in total. The van der Waals surface area contributed by atoms with Gasteiger partial charge in [-0.2, -0.15) is 4.98 Å². The quantitative estimate of drug-likeness (QED) is 0.713. The van der Waals surface area contributed by atoms with E-state index in [1.807, 2.05) is 11.8 Å². The fraction of sp³-hybridized carbons (Fsp3) is 0.462. The Labute approximate surface area is 116 Å². The lowest BCUT2D eigenvalue weighted by atomic mass is 10.4. The van der Waals surface area contributed by atoms with Gasteiger partial charge in [-0.25, -0.2) is 0 Å². The van der Waals surface area contributed by atoms with Gasteiger partial charge in [0.05, 0.1) is 26.5 Å². The predicted molar refractivity (Wildman–Crippen MR) is 69.6 cm³/mol. The van der Waals surface area contributed by atoms with Gasteiger partial charge in [0, 0.05) is 0 Å². The largest absolute Gasteiger partial charge is 0.468 e. The lowest BCUT2D eigenvalue weighted by molar-refractivity contribution is -0.142. The Morgan fingerprint density at radius 1 is 1.50 bits per heavy atom. The number of hydrogen-bond acceptors (Lipinski definition) is 7. The average molecular weight is 279 g/mol. The summed E-state index contributed by atoms with van der Waals surface area (Å²) in [6, 6.07) is 3.51. The van der Waals surface area contributed by atoms with Gasteiger partial charge in [0.2, 0.25) is 11.7 Å². The molecule has 0 amide bonds. The molecule has 7 heteroatoms. The zero-order chi connectivity index (χ0) is 14.4. The molecule has 2 heterocycles. The SMILES string of the molecule is CCCN(CC(=O)OC)Cc1nc(-c2ccco2)no1. The first-order valence-electron chi connectivity index (χ1n) is 6.38. The van der Waals surface area contributed by atoms with Gasteiger partial charge in [0.15, 0.2) is 5.76 Å². The van der Waals surface area contributed by atoms with Crippen molar-refractivity contribution in [2.45, 2.75) is 19.9 Å². The van der Waals surface area contributed by atoms with Crippen LogP contribution in [0.3, 0.4) is 0 Å². The minimum Gasteiger partial charge on any atom is -0.468 e. The van der Waals surface area contributed by atoms with Gasteiger partial charge >= 0.3 is 5.97 Å². The second-order valence-corrected chi connectivity index (χ2v) is 4.28. The highest BCUT2D eigenvalue weighted by Gasteiger charge is 2.16. The maximum atomic E-state index is 11.3. The van der Waals surface area contributed by atoms with Crippen LogP contribution in [0.1, 0.15) is 19.2 Å². The zero-order valence-corrected chi connectivity index (χ0v) is 11.5. The zero-order valence-electron chi connectivity index (χ0n) is 11.5. The Morgan fingerprint density at radius 2 is 2.35 bits per heavy atom. The van der Waals surface area contributed by atoms with Crippen LogP contribution in [0, 0.1) is 0 Å². The van der Waals surface area contributed by atoms with Gasteiger partial charge in [-0.3, -0.25) is 9.69 Å². The summed E-state index contributed by atoms with van der Waals surface area (Å²) < 4.78 is 15.0. The highest BCUT2D eigenvalue weighted by Crippen LogP contribution is 2.16. The number of furan rings is 1. The van der Waals surface area contributed by atoms with Crippen LogP contribution in [-0.2, 0) is 16.1 Å². The molecule has 0 fully saturated rings. The van der Waals surface area contributed by atoms with Crippen LogP contribution in [-0.4, -0.2) is 41.2 Å². The van der Waals surface area contributed by atoms with Gasteiger partial charge in [-0.1, -0.05) is 12.1 Å². The fourth-order valence-electron chi connectivity index (χ4n) is 1.79. The van der Waals surface area contributed by atoms with E-state index in [0.717, 1.165) is 13.0 Å². The summed E-state index contributed by atoms with van der Waals surface area (Å²) >= 11 is 0. The molecule has 0 aliphatic rings. The van der Waals surface area contributed by atoms with E-state index in [1.54, 1.807) is 18.4 Å². The first kappa shape index (κ1) is 14.3. The lowest BCUT2D eigenvalue weighted by Gasteiger charge is -2.17. The van der Waals surface area contributed by atoms with Crippen molar-refractivity contribution in [1.82, 2.24) is 15.0 Å². The van der Waals surface area contributed by atoms with E-state index in [2.05, 4.69) is 14.9 Å². The summed E-state index contributed by atoms with van der Waals surface area (Å²) in [6.07, 6.45) is 2.46. The first-order chi connectivity index (χ1) is 9.72. The molecule has 0 saturated carbocycles. The Balaban J connectivity index is 2.01. The molecule has 2 aromatic rings. The van der Waals surface area contributed by atoms with Crippen molar-refractivity contribution >= 4 is 5.97 Å². The smallest absolute Gasteiger partial charge is 0.319 e. The van der Waals surface area contributed by atoms with Gasteiger partial charge in [0.25, 0.3) is 0 Å². The summed E-state index contributed by atoms with van der Waals surface area (Å²) in [5.41, 5.74) is 0. The van der Waals surface area contributed by atoms with Crippen LogP contribution in [0.15, 0.2) is 27.3 Å². The molecule has 0 aliphatic heterocycles. The molecular weight excluding hydrogens is 262 g/mol. The van der Waals surface area contributed by atoms with Crippen molar-refractivity contribution in [3.63, 3.8) is 0 Å². The van der Waals surface area contributed by atoms with E-state index in [9.17, 15) is 4.79 Å². The molecule has 20 heavy (non-hydrogen) atoms. The second kappa shape index (κ2) is 6.85. The highest BCUT2D eigenvalue weighted by atomic mass is 16.5. The van der Waals surface area contributed by atoms with Crippen LogP contribution < -0.4 is 0 Å². The number of hydrogen-bond donors (Lipinski definition) is 0. The van der Waals surface area contributed by atoms with E-state index in [0.29, 0.717) is 24.0 Å². The van der Waals surface area contributed by atoms with Crippen molar-refractivity contribution in [3.05, 3.63) is 24.3 Å². The number of esters is 1. The van der Waals surface area contributed by atoms with Crippen LogP contribution in [0.2, 0.25) is 0 Å². The van der Waals surface area contributed by atoms with Gasteiger partial charge in [0.1, 0.15) is 0 Å². The second-order valence-electron chi connectivity index (χ2n) is 4.28. The molecule has 0 saturated heterocycles. The molecule has 0 spiro atoms. The molecule has 0 atom stereocenters. The summed E-state index contributed by atoms with van der Waals surface area (Å²) in [5, 5.41) is 3.85. The van der Waals surface area contributed by atoms with Gasteiger partial charge in [-0.15, -0.1) is 0 Å². The molecule has 7 nitrogen and oxygen atoms in total. The molecule has 0 aliphatic carbocycles. The maximum Gasteiger partial charge on any atom is 0.319 e. The van der Waals surface area contributed by atoms with Crippen LogP contribution in [0.4, 0.5) is 0 Å². The fourth-order valence-corrected chi connectivity index (χ4v) is 1.79. The average Bonchev–Trinajstić information content (AvgIpc) is 3.08. The van der Waals surface area contributed by atoms with E-state index >= 15 is 0 Å². The standard InChI is InChI=1S/C13H17N3O4/c1-3-6-16(9-12(17)18-2)8-11-14-13(15-20-11)10-5-4-7-19-10/h4-5,7H,3,6,8-9H2,1-2H3. The van der Waals surface area contributed by atoms with Gasteiger partial charge in [-0.05, 0) is 25.1 Å². The first-order valence-corrected chi connectivity index (χ1v) is 6.38. The number of nitrogens with zero attached hydrogens (tertiary/aromatic N) is 3. The Kier molecular flexibility index (Phi) is 4.89. The molecule has 0 aromatic carbocycles. The third kappa shape index (κ3) is 3.67. The van der Waals surface area contributed by atoms with Crippen molar-refractivity contribution in [3.8, 4) is 11.6 Å². The van der Waals surface area contributed by atoms with Crippen molar-refractivity contribution in [2.75, 3.05) is 20.2 Å². The Morgan fingerprint density at radius 3 is 3.00 bits per heavy atom. The van der Waals surface area contributed by atoms with Crippen LogP contribution >= 0.6 is 0 Å². The summed E-state index contributed by atoms with van der Waals surface area (Å²) in [4.78, 5) is 17.5. The number of rotatable bonds is 7. The Hall–Kier alpha value is -2.15. The minimum atomic E-state index is -0.288. The highest BCUT2D eigenvalue weighted by molar-refractivity contribution is 5.71. The summed E-state index contributed by atoms with van der Waals surface area (Å²) in [6.45, 7) is 3.37. The number of ether oxygens (including phenoxy) is 1. The normalized spacial score (nSPS) is 10.9. The summed E-state index contributed by atoms with van der Waals surface area (Å²) in [7, 11) is 1.37. The Bertz CT molecular complexity index is 536. The molecule has 108 valence electrons. The third-order valence-corrected chi connectivity index (χ3v) is 2.69. The molecule has 0 radical (unpaired) electrons. The van der Waals surface area contributed by atoms with Gasteiger partial charge < -0.3 is 13.7 Å². The monoisotopic (exact) mass is 279 g/mol. The van der Waals surface area contributed by atoms with E-state index < -0.39 is 0 Å². The van der Waals surface area contributed by atoms with E-state index in [-0.39, 0.29) is 12.5 Å². The number of carbonyl (C=O) groups is 1. The molecule has 0 bridgehead atoms. The molecule has 2 aromatic heterocycles. The van der Waals surface area contributed by atoms with E-state index in [4.69, 9.17) is 8.94 Å². The van der Waals surface area contributed by atoms with Crippen molar-refractivity contribution in [2.24, 2.45) is 0 Å². The number of aromatic nitrogens is 2. The summed E-state index contributed by atoms with van der Waals surface area (Å²) in [5.74, 6) is 1.10. The topological polar surface area (TPSA) is 81.6 Å².